The van der Waals surface area contributed by atoms with Gasteiger partial charge >= 0.3 is 0 Å². The Kier molecular flexibility index (Phi) is 6.93. The SMILES string of the molecule is CC[C@H](C)c1ccc(NC(=O)CSc2nnc(-c3ccc(OC)cc3)n2C)cc1. The summed E-state index contributed by atoms with van der Waals surface area (Å²) in [7, 11) is 3.53. The number of rotatable bonds is 8. The average Bonchev–Trinajstić information content (AvgIpc) is 3.12. The summed E-state index contributed by atoms with van der Waals surface area (Å²) in [4.78, 5) is 12.3. The summed E-state index contributed by atoms with van der Waals surface area (Å²) in [5.74, 6) is 2.25. The molecule has 0 bridgehead atoms. The van der Waals surface area contributed by atoms with Gasteiger partial charge in [0.1, 0.15) is 5.75 Å². The highest BCUT2D eigenvalue weighted by molar-refractivity contribution is 7.99. The van der Waals surface area contributed by atoms with Gasteiger partial charge in [-0.05, 0) is 54.3 Å². The zero-order valence-electron chi connectivity index (χ0n) is 17.2. The molecule has 0 unspecified atom stereocenters. The highest BCUT2D eigenvalue weighted by atomic mass is 32.2. The van der Waals surface area contributed by atoms with Gasteiger partial charge in [-0.3, -0.25) is 4.79 Å². The molecule has 3 rings (SSSR count). The standard InChI is InChI=1S/C22H26N4O2S/c1-5-15(2)16-6-10-18(11-7-16)23-20(27)14-29-22-25-24-21(26(22)3)17-8-12-19(28-4)13-9-17/h6-13,15H,5,14H2,1-4H3,(H,23,27)/t15-/m0/s1. The van der Waals surface area contributed by atoms with Crippen LogP contribution in [0.3, 0.4) is 0 Å². The summed E-state index contributed by atoms with van der Waals surface area (Å²) >= 11 is 1.36. The van der Waals surface area contributed by atoms with Crippen LogP contribution in [0.4, 0.5) is 5.69 Å². The first kappa shape index (κ1) is 20.9. The summed E-state index contributed by atoms with van der Waals surface area (Å²) in [6, 6.07) is 15.7. The van der Waals surface area contributed by atoms with E-state index in [0.29, 0.717) is 11.1 Å². The van der Waals surface area contributed by atoms with Crippen LogP contribution in [0.5, 0.6) is 5.75 Å². The van der Waals surface area contributed by atoms with Gasteiger partial charge < -0.3 is 14.6 Å². The van der Waals surface area contributed by atoms with Gasteiger partial charge in [0.15, 0.2) is 11.0 Å². The molecule has 0 saturated heterocycles. The van der Waals surface area contributed by atoms with Gasteiger partial charge in [0.25, 0.3) is 0 Å². The Bertz CT molecular complexity index is 952. The molecule has 3 aromatic rings. The summed E-state index contributed by atoms with van der Waals surface area (Å²) in [6.07, 6.45) is 1.10. The minimum atomic E-state index is -0.0692. The Balaban J connectivity index is 1.58. The van der Waals surface area contributed by atoms with Gasteiger partial charge in [-0.15, -0.1) is 10.2 Å². The van der Waals surface area contributed by atoms with E-state index in [1.165, 1.54) is 17.3 Å². The molecule has 29 heavy (non-hydrogen) atoms. The highest BCUT2D eigenvalue weighted by Crippen LogP contribution is 2.25. The molecular weight excluding hydrogens is 384 g/mol. The molecule has 0 radical (unpaired) electrons. The number of aromatic nitrogens is 3. The van der Waals surface area contributed by atoms with E-state index in [2.05, 4.69) is 41.5 Å². The minimum Gasteiger partial charge on any atom is -0.497 e. The number of ether oxygens (including phenoxy) is 1. The molecule has 0 aliphatic carbocycles. The molecule has 1 N–H and O–H groups in total. The van der Waals surface area contributed by atoms with E-state index in [1.807, 2.05) is 48.0 Å². The van der Waals surface area contributed by atoms with E-state index >= 15 is 0 Å². The smallest absolute Gasteiger partial charge is 0.234 e. The van der Waals surface area contributed by atoms with E-state index in [4.69, 9.17) is 4.74 Å². The van der Waals surface area contributed by atoms with Crippen LogP contribution < -0.4 is 10.1 Å². The zero-order chi connectivity index (χ0) is 20.8. The van der Waals surface area contributed by atoms with Gasteiger partial charge in [-0.2, -0.15) is 0 Å². The van der Waals surface area contributed by atoms with E-state index in [-0.39, 0.29) is 11.7 Å². The Hall–Kier alpha value is -2.80. The number of thioether (sulfide) groups is 1. The molecule has 1 aromatic heterocycles. The first-order valence-corrected chi connectivity index (χ1v) is 10.6. The maximum atomic E-state index is 12.3. The van der Waals surface area contributed by atoms with Gasteiger partial charge in [-0.25, -0.2) is 0 Å². The molecule has 6 nitrogen and oxygen atoms in total. The first-order chi connectivity index (χ1) is 14.0. The van der Waals surface area contributed by atoms with E-state index in [9.17, 15) is 4.79 Å². The van der Waals surface area contributed by atoms with Crippen molar-refractivity contribution in [1.29, 1.82) is 0 Å². The lowest BCUT2D eigenvalue weighted by Crippen LogP contribution is -2.14. The lowest BCUT2D eigenvalue weighted by Gasteiger charge is -2.10. The van der Waals surface area contributed by atoms with Crippen molar-refractivity contribution in [3.05, 3.63) is 54.1 Å². The predicted molar refractivity (Wildman–Crippen MR) is 117 cm³/mol. The van der Waals surface area contributed by atoms with Gasteiger partial charge in [0, 0.05) is 18.3 Å². The van der Waals surface area contributed by atoms with Gasteiger partial charge in [0.2, 0.25) is 5.91 Å². The molecule has 1 amide bonds. The molecule has 0 fully saturated rings. The van der Waals surface area contributed by atoms with Crippen molar-refractivity contribution in [3.63, 3.8) is 0 Å². The Morgan fingerprint density at radius 2 is 1.83 bits per heavy atom. The van der Waals surface area contributed by atoms with Crippen molar-refractivity contribution in [2.24, 2.45) is 7.05 Å². The van der Waals surface area contributed by atoms with Crippen molar-refractivity contribution >= 4 is 23.4 Å². The number of nitrogens with zero attached hydrogens (tertiary/aromatic N) is 3. The van der Waals surface area contributed by atoms with Crippen molar-refractivity contribution in [2.45, 2.75) is 31.3 Å². The van der Waals surface area contributed by atoms with Crippen molar-refractivity contribution in [2.75, 3.05) is 18.2 Å². The lowest BCUT2D eigenvalue weighted by atomic mass is 9.99. The fourth-order valence-electron chi connectivity index (χ4n) is 2.89. The van der Waals surface area contributed by atoms with Crippen LogP contribution in [0.2, 0.25) is 0 Å². The average molecular weight is 411 g/mol. The lowest BCUT2D eigenvalue weighted by molar-refractivity contribution is -0.113. The number of hydrogen-bond donors (Lipinski definition) is 1. The Morgan fingerprint density at radius 3 is 2.45 bits per heavy atom. The fraction of sp³-hybridized carbons (Fsp3) is 0.318. The number of amides is 1. The third-order valence-electron chi connectivity index (χ3n) is 4.89. The van der Waals surface area contributed by atoms with Crippen LogP contribution in [0.1, 0.15) is 31.7 Å². The number of anilines is 1. The summed E-state index contributed by atoms with van der Waals surface area (Å²) in [5.41, 5.74) is 3.03. The van der Waals surface area contributed by atoms with Crippen LogP contribution in [-0.2, 0) is 11.8 Å². The van der Waals surface area contributed by atoms with Crippen LogP contribution in [-0.4, -0.2) is 33.5 Å². The molecule has 0 aliphatic rings. The number of carbonyl (C=O) groups is 1. The van der Waals surface area contributed by atoms with E-state index < -0.39 is 0 Å². The normalized spacial score (nSPS) is 11.9. The van der Waals surface area contributed by atoms with Gasteiger partial charge in [0.05, 0.1) is 12.9 Å². The van der Waals surface area contributed by atoms with E-state index in [0.717, 1.165) is 29.2 Å². The van der Waals surface area contributed by atoms with Crippen LogP contribution in [0.25, 0.3) is 11.4 Å². The Morgan fingerprint density at radius 1 is 1.14 bits per heavy atom. The number of methoxy groups -OCH3 is 1. The maximum absolute atomic E-state index is 12.3. The number of carbonyl (C=O) groups excluding carboxylic acids is 1. The molecule has 0 spiro atoms. The largest absolute Gasteiger partial charge is 0.497 e. The summed E-state index contributed by atoms with van der Waals surface area (Å²) < 4.78 is 7.08. The zero-order valence-corrected chi connectivity index (χ0v) is 18.0. The molecule has 1 atom stereocenters. The summed E-state index contributed by atoms with van der Waals surface area (Å²) in [6.45, 7) is 4.37. The minimum absolute atomic E-state index is 0.0692. The van der Waals surface area contributed by atoms with Crippen molar-refractivity contribution < 1.29 is 9.53 Å². The second kappa shape index (κ2) is 9.60. The molecule has 0 saturated carbocycles. The van der Waals surface area contributed by atoms with E-state index in [1.54, 1.807) is 7.11 Å². The predicted octanol–water partition coefficient (Wildman–Crippen LogP) is 4.74. The summed E-state index contributed by atoms with van der Waals surface area (Å²) in [5, 5.41) is 12.1. The number of hydrogen-bond acceptors (Lipinski definition) is 5. The molecule has 1 heterocycles. The second-order valence-corrected chi connectivity index (χ2v) is 7.80. The molecule has 2 aromatic carbocycles. The molecular formula is C22H26N4O2S. The van der Waals surface area contributed by atoms with Crippen molar-refractivity contribution in [1.82, 2.24) is 14.8 Å². The quantitative estimate of drug-likeness (QED) is 0.544. The topological polar surface area (TPSA) is 69.0 Å². The second-order valence-electron chi connectivity index (χ2n) is 6.86. The molecule has 7 heteroatoms. The van der Waals surface area contributed by atoms with Crippen LogP contribution in [0.15, 0.2) is 53.7 Å². The van der Waals surface area contributed by atoms with Crippen LogP contribution in [0, 0.1) is 0 Å². The van der Waals surface area contributed by atoms with Crippen LogP contribution >= 0.6 is 11.8 Å². The first-order valence-electron chi connectivity index (χ1n) is 9.58. The monoisotopic (exact) mass is 410 g/mol. The molecule has 152 valence electrons. The highest BCUT2D eigenvalue weighted by Gasteiger charge is 2.13. The van der Waals surface area contributed by atoms with Crippen molar-refractivity contribution in [3.8, 4) is 17.1 Å². The molecule has 0 aliphatic heterocycles. The third-order valence-corrected chi connectivity index (χ3v) is 5.91. The third kappa shape index (κ3) is 5.17. The number of benzene rings is 2. The van der Waals surface area contributed by atoms with Gasteiger partial charge in [-0.1, -0.05) is 37.7 Å². The maximum Gasteiger partial charge on any atom is 0.234 e. The Labute approximate surface area is 175 Å². The fourth-order valence-corrected chi connectivity index (χ4v) is 3.60. The number of nitrogens with one attached hydrogen (secondary N) is 1.